The van der Waals surface area contributed by atoms with Crippen molar-refractivity contribution in [1.82, 2.24) is 5.32 Å². The lowest BCUT2D eigenvalue weighted by Crippen LogP contribution is -2.50. The maximum absolute atomic E-state index is 11.7. The van der Waals surface area contributed by atoms with Crippen molar-refractivity contribution >= 4 is 5.91 Å². The Morgan fingerprint density at radius 3 is 2.07 bits per heavy atom. The molecular formula is C11H23NO2. The summed E-state index contributed by atoms with van der Waals surface area (Å²) in [7, 11) is 0. The van der Waals surface area contributed by atoms with Gasteiger partial charge in [-0.25, -0.2) is 0 Å². The third-order valence-corrected chi connectivity index (χ3v) is 2.54. The highest BCUT2D eigenvalue weighted by Crippen LogP contribution is 2.19. The molecule has 3 nitrogen and oxygen atoms in total. The van der Waals surface area contributed by atoms with Crippen molar-refractivity contribution in [2.24, 2.45) is 5.41 Å². The second-order valence-corrected chi connectivity index (χ2v) is 5.09. The van der Waals surface area contributed by atoms with Gasteiger partial charge in [-0.1, -0.05) is 27.7 Å². The zero-order chi connectivity index (χ0) is 11.4. The molecule has 0 heterocycles. The molecule has 84 valence electrons. The summed E-state index contributed by atoms with van der Waals surface area (Å²) in [6, 6.07) is 0. The molecule has 0 bridgehead atoms. The van der Waals surface area contributed by atoms with Gasteiger partial charge in [0, 0.05) is 17.6 Å². The Morgan fingerprint density at radius 2 is 1.79 bits per heavy atom. The third-order valence-electron chi connectivity index (χ3n) is 2.54. The summed E-state index contributed by atoms with van der Waals surface area (Å²) in [5.41, 5.74) is -0.648. The quantitative estimate of drug-likeness (QED) is 0.727. The van der Waals surface area contributed by atoms with Crippen LogP contribution in [0.4, 0.5) is 0 Å². The molecular weight excluding hydrogens is 178 g/mol. The number of hydrogen-bond donors (Lipinski definition) is 2. The SMILES string of the molecule is CCC(C)(CCO)NC(=O)C(C)(C)C. The predicted octanol–water partition coefficient (Wildman–Crippen LogP) is 1.70. The van der Waals surface area contributed by atoms with Gasteiger partial charge in [-0.2, -0.15) is 0 Å². The highest BCUT2D eigenvalue weighted by Gasteiger charge is 2.29. The van der Waals surface area contributed by atoms with Gasteiger partial charge in [-0.3, -0.25) is 4.79 Å². The Bertz CT molecular complexity index is 196. The predicted molar refractivity (Wildman–Crippen MR) is 58.0 cm³/mol. The average Bonchev–Trinajstić information content (AvgIpc) is 2.03. The van der Waals surface area contributed by atoms with Gasteiger partial charge in [0.1, 0.15) is 0 Å². The molecule has 0 aliphatic rings. The van der Waals surface area contributed by atoms with Crippen LogP contribution < -0.4 is 5.32 Å². The van der Waals surface area contributed by atoms with Crippen LogP contribution in [0.5, 0.6) is 0 Å². The van der Waals surface area contributed by atoms with E-state index in [0.717, 1.165) is 6.42 Å². The Balaban J connectivity index is 4.39. The summed E-state index contributed by atoms with van der Waals surface area (Å²) < 4.78 is 0. The molecule has 3 heteroatoms. The monoisotopic (exact) mass is 201 g/mol. The number of hydrogen-bond acceptors (Lipinski definition) is 2. The zero-order valence-electron chi connectivity index (χ0n) is 9.98. The van der Waals surface area contributed by atoms with E-state index in [9.17, 15) is 4.79 Å². The summed E-state index contributed by atoms with van der Waals surface area (Å²) in [4.78, 5) is 11.7. The normalized spacial score (nSPS) is 16.1. The van der Waals surface area contributed by atoms with Crippen molar-refractivity contribution in [2.45, 2.75) is 53.0 Å². The van der Waals surface area contributed by atoms with Crippen LogP contribution in [0.25, 0.3) is 0 Å². The second-order valence-electron chi connectivity index (χ2n) is 5.09. The third kappa shape index (κ3) is 4.09. The molecule has 1 atom stereocenters. The lowest BCUT2D eigenvalue weighted by Gasteiger charge is -2.32. The summed E-state index contributed by atoms with van der Waals surface area (Å²) in [6.07, 6.45) is 1.43. The van der Waals surface area contributed by atoms with E-state index < -0.39 is 0 Å². The molecule has 0 saturated carbocycles. The van der Waals surface area contributed by atoms with E-state index in [1.807, 2.05) is 34.6 Å². The number of aliphatic hydroxyl groups is 1. The summed E-state index contributed by atoms with van der Waals surface area (Å²) in [5.74, 6) is 0.0373. The Morgan fingerprint density at radius 1 is 1.29 bits per heavy atom. The minimum atomic E-state index is -0.369. The lowest BCUT2D eigenvalue weighted by molar-refractivity contribution is -0.130. The molecule has 0 radical (unpaired) electrons. The van der Waals surface area contributed by atoms with Crippen molar-refractivity contribution < 1.29 is 9.90 Å². The fourth-order valence-corrected chi connectivity index (χ4v) is 1.04. The van der Waals surface area contributed by atoms with Gasteiger partial charge in [0.05, 0.1) is 0 Å². The summed E-state index contributed by atoms with van der Waals surface area (Å²) >= 11 is 0. The van der Waals surface area contributed by atoms with Crippen LogP contribution in [0.3, 0.4) is 0 Å². The highest BCUT2D eigenvalue weighted by molar-refractivity contribution is 5.82. The highest BCUT2D eigenvalue weighted by atomic mass is 16.3. The van der Waals surface area contributed by atoms with Gasteiger partial charge in [0.15, 0.2) is 0 Å². The van der Waals surface area contributed by atoms with E-state index in [1.54, 1.807) is 0 Å². The standard InChI is InChI=1S/C11H23NO2/c1-6-11(5,7-8-13)12-9(14)10(2,3)4/h13H,6-8H2,1-5H3,(H,12,14). The van der Waals surface area contributed by atoms with Gasteiger partial charge >= 0.3 is 0 Å². The number of aliphatic hydroxyl groups excluding tert-OH is 1. The van der Waals surface area contributed by atoms with Crippen LogP contribution in [0.15, 0.2) is 0 Å². The van der Waals surface area contributed by atoms with Crippen molar-refractivity contribution in [3.63, 3.8) is 0 Å². The first-order valence-electron chi connectivity index (χ1n) is 5.18. The van der Waals surface area contributed by atoms with Gasteiger partial charge in [0.25, 0.3) is 0 Å². The number of rotatable bonds is 4. The number of carbonyl (C=O) groups excluding carboxylic acids is 1. The van der Waals surface area contributed by atoms with Crippen LogP contribution in [-0.2, 0) is 4.79 Å². The molecule has 1 unspecified atom stereocenters. The second kappa shape index (κ2) is 4.78. The fraction of sp³-hybridized carbons (Fsp3) is 0.909. The van der Waals surface area contributed by atoms with Crippen LogP contribution in [0.2, 0.25) is 0 Å². The maximum atomic E-state index is 11.7. The first-order chi connectivity index (χ1) is 6.25. The topological polar surface area (TPSA) is 49.3 Å². The molecule has 14 heavy (non-hydrogen) atoms. The molecule has 2 N–H and O–H groups in total. The van der Waals surface area contributed by atoms with E-state index in [4.69, 9.17) is 5.11 Å². The molecule has 0 spiro atoms. The van der Waals surface area contributed by atoms with Crippen LogP contribution in [0, 0.1) is 5.41 Å². The molecule has 0 saturated heterocycles. The Labute approximate surface area is 86.9 Å². The zero-order valence-corrected chi connectivity index (χ0v) is 9.98. The summed E-state index contributed by atoms with van der Waals surface area (Å²) in [5, 5.41) is 11.9. The number of nitrogens with one attached hydrogen (secondary N) is 1. The Hall–Kier alpha value is -0.570. The van der Waals surface area contributed by atoms with E-state index in [1.165, 1.54) is 0 Å². The van der Waals surface area contributed by atoms with Gasteiger partial charge in [-0.15, -0.1) is 0 Å². The van der Waals surface area contributed by atoms with Crippen LogP contribution in [-0.4, -0.2) is 23.2 Å². The van der Waals surface area contributed by atoms with Crippen LogP contribution >= 0.6 is 0 Å². The van der Waals surface area contributed by atoms with E-state index in [2.05, 4.69) is 5.32 Å². The van der Waals surface area contributed by atoms with Gasteiger partial charge in [-0.05, 0) is 19.8 Å². The molecule has 0 aliphatic heterocycles. The molecule has 0 aliphatic carbocycles. The van der Waals surface area contributed by atoms with E-state index >= 15 is 0 Å². The van der Waals surface area contributed by atoms with Crippen molar-refractivity contribution in [3.8, 4) is 0 Å². The Kier molecular flexibility index (Phi) is 4.59. The van der Waals surface area contributed by atoms with Crippen molar-refractivity contribution in [2.75, 3.05) is 6.61 Å². The number of carbonyl (C=O) groups is 1. The van der Waals surface area contributed by atoms with Gasteiger partial charge < -0.3 is 10.4 Å². The molecule has 0 fully saturated rings. The van der Waals surface area contributed by atoms with Gasteiger partial charge in [0.2, 0.25) is 5.91 Å². The molecule has 0 aromatic rings. The summed E-state index contributed by atoms with van der Waals surface area (Å²) in [6.45, 7) is 9.74. The van der Waals surface area contributed by atoms with Crippen molar-refractivity contribution in [1.29, 1.82) is 0 Å². The average molecular weight is 201 g/mol. The largest absolute Gasteiger partial charge is 0.396 e. The lowest BCUT2D eigenvalue weighted by atomic mass is 9.90. The molecule has 0 aromatic heterocycles. The minimum Gasteiger partial charge on any atom is -0.396 e. The van der Waals surface area contributed by atoms with Crippen molar-refractivity contribution in [3.05, 3.63) is 0 Å². The maximum Gasteiger partial charge on any atom is 0.225 e. The van der Waals surface area contributed by atoms with Crippen LogP contribution in [0.1, 0.15) is 47.5 Å². The first-order valence-corrected chi connectivity index (χ1v) is 5.18. The number of amides is 1. The first kappa shape index (κ1) is 13.4. The fourth-order valence-electron chi connectivity index (χ4n) is 1.04. The molecule has 0 rings (SSSR count). The van der Waals surface area contributed by atoms with E-state index in [0.29, 0.717) is 6.42 Å². The minimum absolute atomic E-state index is 0.0373. The smallest absolute Gasteiger partial charge is 0.225 e. The molecule has 0 aromatic carbocycles. The molecule has 1 amide bonds. The van der Waals surface area contributed by atoms with E-state index in [-0.39, 0.29) is 23.5 Å².